The van der Waals surface area contributed by atoms with Gasteiger partial charge >= 0.3 is 0 Å². The fourth-order valence-electron chi connectivity index (χ4n) is 2.59. The molecule has 0 atom stereocenters. The van der Waals surface area contributed by atoms with Crippen LogP contribution in [-0.4, -0.2) is 27.6 Å². The third kappa shape index (κ3) is 3.77. The van der Waals surface area contributed by atoms with E-state index in [1.807, 2.05) is 0 Å². The number of rotatable bonds is 6. The van der Waals surface area contributed by atoms with Crippen LogP contribution in [0.15, 0.2) is 59.5 Å². The van der Waals surface area contributed by atoms with Crippen molar-refractivity contribution in [2.24, 2.45) is 0 Å². The summed E-state index contributed by atoms with van der Waals surface area (Å²) in [5.74, 6) is 0.840. The highest BCUT2D eigenvalue weighted by Gasteiger charge is 2.19. The van der Waals surface area contributed by atoms with E-state index in [0.717, 1.165) is 11.5 Å². The summed E-state index contributed by atoms with van der Waals surface area (Å²) in [5.41, 5.74) is -0.263. The van der Waals surface area contributed by atoms with Crippen molar-refractivity contribution < 1.29 is 22.8 Å². The molecule has 3 aromatic rings. The van der Waals surface area contributed by atoms with E-state index in [4.69, 9.17) is 9.47 Å². The van der Waals surface area contributed by atoms with Gasteiger partial charge in [0.05, 0.1) is 29.7 Å². The summed E-state index contributed by atoms with van der Waals surface area (Å²) in [4.78, 5) is 10.4. The van der Waals surface area contributed by atoms with E-state index in [1.165, 1.54) is 31.4 Å². The van der Waals surface area contributed by atoms with E-state index in [0.29, 0.717) is 11.1 Å². The Kier molecular flexibility index (Phi) is 4.87. The second kappa shape index (κ2) is 7.12. The number of nitrogens with one attached hydrogen (secondary N) is 1. The molecule has 140 valence electrons. The molecule has 3 aromatic carbocycles. The number of hydrogen-bond donors (Lipinski definition) is 1. The lowest BCUT2D eigenvalue weighted by molar-refractivity contribution is -0.384. The normalized spacial score (nSPS) is 11.2. The Bertz CT molecular complexity index is 1130. The summed E-state index contributed by atoms with van der Waals surface area (Å²) in [6.45, 7) is 0. The van der Waals surface area contributed by atoms with Gasteiger partial charge in [-0.25, -0.2) is 8.42 Å². The fraction of sp³-hybridized carbons (Fsp3) is 0.111. The van der Waals surface area contributed by atoms with Crippen LogP contribution in [0.4, 0.5) is 11.4 Å². The Morgan fingerprint density at radius 2 is 1.63 bits per heavy atom. The molecular weight excluding hydrogens is 372 g/mol. The minimum absolute atomic E-state index is 0.0125. The zero-order valence-electron chi connectivity index (χ0n) is 14.5. The van der Waals surface area contributed by atoms with Crippen LogP contribution in [0.2, 0.25) is 0 Å². The first-order valence-corrected chi connectivity index (χ1v) is 9.25. The first-order chi connectivity index (χ1) is 12.8. The van der Waals surface area contributed by atoms with Gasteiger partial charge in [0.15, 0.2) is 0 Å². The van der Waals surface area contributed by atoms with Gasteiger partial charge in [-0.1, -0.05) is 12.1 Å². The summed E-state index contributed by atoms with van der Waals surface area (Å²) < 4.78 is 38.1. The molecule has 0 heterocycles. The van der Waals surface area contributed by atoms with Gasteiger partial charge in [-0.05, 0) is 41.1 Å². The number of sulfonamides is 1. The molecule has 0 saturated carbocycles. The Morgan fingerprint density at radius 1 is 0.926 bits per heavy atom. The average Bonchev–Trinajstić information content (AvgIpc) is 2.66. The molecule has 0 amide bonds. The molecule has 8 nitrogen and oxygen atoms in total. The molecule has 0 radical (unpaired) electrons. The number of benzene rings is 3. The van der Waals surface area contributed by atoms with E-state index in [1.54, 1.807) is 31.4 Å². The van der Waals surface area contributed by atoms with Crippen molar-refractivity contribution in [1.29, 1.82) is 0 Å². The van der Waals surface area contributed by atoms with Crippen LogP contribution in [0.5, 0.6) is 11.5 Å². The lowest BCUT2D eigenvalue weighted by Gasteiger charge is -2.12. The van der Waals surface area contributed by atoms with Crippen molar-refractivity contribution in [3.63, 3.8) is 0 Å². The van der Waals surface area contributed by atoms with Gasteiger partial charge in [0.2, 0.25) is 0 Å². The molecule has 0 saturated heterocycles. The highest BCUT2D eigenvalue weighted by atomic mass is 32.2. The number of ether oxygens (including phenoxy) is 2. The lowest BCUT2D eigenvalue weighted by atomic mass is 10.1. The zero-order chi connectivity index (χ0) is 19.6. The van der Waals surface area contributed by atoms with Gasteiger partial charge in [-0.3, -0.25) is 14.8 Å². The minimum Gasteiger partial charge on any atom is -0.497 e. The molecule has 3 rings (SSSR count). The van der Waals surface area contributed by atoms with E-state index in [9.17, 15) is 18.5 Å². The molecule has 0 aliphatic heterocycles. The van der Waals surface area contributed by atoms with E-state index < -0.39 is 14.9 Å². The summed E-state index contributed by atoms with van der Waals surface area (Å²) in [6, 6.07) is 13.6. The van der Waals surface area contributed by atoms with Gasteiger partial charge in [-0.2, -0.15) is 0 Å². The van der Waals surface area contributed by atoms with Crippen molar-refractivity contribution in [1.82, 2.24) is 0 Å². The third-order valence-corrected chi connectivity index (χ3v) is 5.33. The van der Waals surface area contributed by atoms with Crippen LogP contribution in [-0.2, 0) is 10.0 Å². The molecule has 0 spiro atoms. The van der Waals surface area contributed by atoms with Gasteiger partial charge in [0.25, 0.3) is 15.7 Å². The molecule has 9 heteroatoms. The first-order valence-electron chi connectivity index (χ1n) is 7.77. The van der Waals surface area contributed by atoms with E-state index in [2.05, 4.69) is 4.72 Å². The quantitative estimate of drug-likeness (QED) is 0.511. The summed E-state index contributed by atoms with van der Waals surface area (Å²) in [7, 11) is -1.08. The number of methoxy groups -OCH3 is 2. The Morgan fingerprint density at radius 3 is 2.30 bits per heavy atom. The van der Waals surface area contributed by atoms with Gasteiger partial charge in [-0.15, -0.1) is 0 Å². The van der Waals surface area contributed by atoms with Crippen LogP contribution in [0.25, 0.3) is 10.8 Å². The number of non-ortho nitro benzene ring substituents is 1. The lowest BCUT2D eigenvalue weighted by Crippen LogP contribution is -2.13. The van der Waals surface area contributed by atoms with Crippen LogP contribution >= 0.6 is 0 Å². The molecule has 27 heavy (non-hydrogen) atoms. The molecule has 1 N–H and O–H groups in total. The standard InChI is InChI=1S/C18H16N2O6S/c1-25-15-6-3-13-10-16(7-4-12(13)9-15)27(23,24)19-17-11-14(20(21)22)5-8-18(17)26-2/h3-11,19H,1-2H3. The molecule has 0 bridgehead atoms. The number of nitrogens with zero attached hydrogens (tertiary/aromatic N) is 1. The van der Waals surface area contributed by atoms with Gasteiger partial charge < -0.3 is 9.47 Å². The maximum Gasteiger partial charge on any atom is 0.271 e. The maximum absolute atomic E-state index is 12.8. The summed E-state index contributed by atoms with van der Waals surface area (Å²) >= 11 is 0. The highest BCUT2D eigenvalue weighted by Crippen LogP contribution is 2.31. The molecular formula is C18H16N2O6S. The second-order valence-electron chi connectivity index (χ2n) is 5.62. The van der Waals surface area contributed by atoms with Crippen molar-refractivity contribution in [2.45, 2.75) is 4.90 Å². The summed E-state index contributed by atoms with van der Waals surface area (Å²) in [6.07, 6.45) is 0. The Labute approximate surface area is 155 Å². The monoisotopic (exact) mass is 388 g/mol. The predicted molar refractivity (Wildman–Crippen MR) is 101 cm³/mol. The SMILES string of the molecule is COc1ccc2cc(S(=O)(=O)Nc3cc([N+](=O)[O-])ccc3OC)ccc2c1. The summed E-state index contributed by atoms with van der Waals surface area (Å²) in [5, 5.41) is 12.5. The smallest absolute Gasteiger partial charge is 0.271 e. The third-order valence-electron chi connectivity index (χ3n) is 3.97. The molecule has 0 fully saturated rings. The van der Waals surface area contributed by atoms with Crippen molar-refractivity contribution in [3.05, 3.63) is 64.7 Å². The fourth-order valence-corrected chi connectivity index (χ4v) is 3.69. The van der Waals surface area contributed by atoms with Crippen LogP contribution in [0, 0.1) is 10.1 Å². The molecule has 0 unspecified atom stereocenters. The Hall–Kier alpha value is -3.33. The van der Waals surface area contributed by atoms with Crippen LogP contribution < -0.4 is 14.2 Å². The first kappa shape index (κ1) is 18.5. The number of fused-ring (bicyclic) bond motifs is 1. The number of anilines is 1. The van der Waals surface area contributed by atoms with E-state index >= 15 is 0 Å². The molecule has 0 aliphatic rings. The van der Waals surface area contributed by atoms with Crippen LogP contribution in [0.3, 0.4) is 0 Å². The Balaban J connectivity index is 2.01. The maximum atomic E-state index is 12.8. The second-order valence-corrected chi connectivity index (χ2v) is 7.30. The number of nitro groups is 1. The minimum atomic E-state index is -3.98. The average molecular weight is 388 g/mol. The highest BCUT2D eigenvalue weighted by molar-refractivity contribution is 7.92. The van der Waals surface area contributed by atoms with Gasteiger partial charge in [0.1, 0.15) is 11.5 Å². The number of hydrogen-bond acceptors (Lipinski definition) is 6. The predicted octanol–water partition coefficient (Wildman–Crippen LogP) is 3.57. The van der Waals surface area contributed by atoms with Crippen molar-refractivity contribution >= 4 is 32.2 Å². The van der Waals surface area contributed by atoms with Crippen LogP contribution in [0.1, 0.15) is 0 Å². The largest absolute Gasteiger partial charge is 0.497 e. The van der Waals surface area contributed by atoms with E-state index in [-0.39, 0.29) is 22.0 Å². The van der Waals surface area contributed by atoms with Crippen molar-refractivity contribution in [3.8, 4) is 11.5 Å². The topological polar surface area (TPSA) is 108 Å². The number of nitro benzene ring substituents is 1. The molecule has 0 aliphatic carbocycles. The molecule has 0 aromatic heterocycles. The zero-order valence-corrected chi connectivity index (χ0v) is 15.3. The van der Waals surface area contributed by atoms with Gasteiger partial charge in [0, 0.05) is 12.1 Å². The van der Waals surface area contributed by atoms with Crippen molar-refractivity contribution in [2.75, 3.05) is 18.9 Å².